The van der Waals surface area contributed by atoms with Gasteiger partial charge in [-0.1, -0.05) is 6.07 Å². The van der Waals surface area contributed by atoms with Crippen molar-refractivity contribution in [2.75, 3.05) is 37.5 Å². The molecule has 0 aliphatic carbocycles. The molecule has 0 aromatic heterocycles. The standard InChI is InChI=1S/C13H19N3O2.ClH/c1-16-6-5-9-3-4-10(7-12(9)16)15-13(17)11(14)8-18-2;/h3-4,7,11H,5-6,8,14H2,1-2H3,(H,15,17);1H. The summed E-state index contributed by atoms with van der Waals surface area (Å²) in [5, 5.41) is 2.81. The van der Waals surface area contributed by atoms with Crippen LogP contribution in [0.4, 0.5) is 11.4 Å². The van der Waals surface area contributed by atoms with Gasteiger partial charge in [-0.05, 0) is 24.1 Å². The Bertz CT molecular complexity index is 454. The van der Waals surface area contributed by atoms with Gasteiger partial charge in [0.15, 0.2) is 0 Å². The number of anilines is 2. The number of hydrogen-bond donors (Lipinski definition) is 2. The Morgan fingerprint density at radius 3 is 3.00 bits per heavy atom. The number of halogens is 1. The Labute approximate surface area is 119 Å². The maximum Gasteiger partial charge on any atom is 0.243 e. The minimum absolute atomic E-state index is 0. The van der Waals surface area contributed by atoms with Crippen LogP contribution in [0.25, 0.3) is 0 Å². The molecule has 0 radical (unpaired) electrons. The van der Waals surface area contributed by atoms with E-state index < -0.39 is 6.04 Å². The molecule has 1 unspecified atom stereocenters. The summed E-state index contributed by atoms with van der Waals surface area (Å²) in [5.41, 5.74) is 8.94. The van der Waals surface area contributed by atoms with E-state index >= 15 is 0 Å². The Balaban J connectivity index is 0.00000180. The number of likely N-dealkylation sites (N-methyl/N-ethyl adjacent to an activating group) is 1. The number of hydrogen-bond acceptors (Lipinski definition) is 4. The Kier molecular flexibility index (Phi) is 5.60. The molecule has 1 amide bonds. The van der Waals surface area contributed by atoms with E-state index in [-0.39, 0.29) is 24.9 Å². The van der Waals surface area contributed by atoms with E-state index in [1.807, 2.05) is 19.2 Å². The van der Waals surface area contributed by atoms with Crippen molar-refractivity contribution in [3.63, 3.8) is 0 Å². The van der Waals surface area contributed by atoms with E-state index in [4.69, 9.17) is 10.5 Å². The number of nitrogens with zero attached hydrogens (tertiary/aromatic N) is 1. The van der Waals surface area contributed by atoms with Gasteiger partial charge in [0.2, 0.25) is 5.91 Å². The minimum atomic E-state index is -0.638. The molecular weight excluding hydrogens is 266 g/mol. The number of fused-ring (bicyclic) bond motifs is 1. The monoisotopic (exact) mass is 285 g/mol. The first kappa shape index (κ1) is 15.8. The molecule has 1 aromatic rings. The third kappa shape index (κ3) is 3.59. The van der Waals surface area contributed by atoms with E-state index in [2.05, 4.69) is 16.3 Å². The van der Waals surface area contributed by atoms with Crippen molar-refractivity contribution in [1.29, 1.82) is 0 Å². The lowest BCUT2D eigenvalue weighted by Crippen LogP contribution is -2.39. The van der Waals surface area contributed by atoms with Gasteiger partial charge in [0.25, 0.3) is 0 Å². The largest absolute Gasteiger partial charge is 0.383 e. The van der Waals surface area contributed by atoms with Crippen LogP contribution < -0.4 is 16.0 Å². The first-order valence-electron chi connectivity index (χ1n) is 6.01. The summed E-state index contributed by atoms with van der Waals surface area (Å²) in [6.07, 6.45) is 1.06. The molecule has 2 rings (SSSR count). The second-order valence-electron chi connectivity index (χ2n) is 4.57. The SMILES string of the molecule is COCC(N)C(=O)Nc1ccc2c(c1)N(C)CC2.Cl. The molecule has 1 aliphatic rings. The lowest BCUT2D eigenvalue weighted by molar-refractivity contribution is -0.118. The van der Waals surface area contributed by atoms with Crippen molar-refractivity contribution in [3.05, 3.63) is 23.8 Å². The van der Waals surface area contributed by atoms with Crippen molar-refractivity contribution >= 4 is 29.7 Å². The van der Waals surface area contributed by atoms with Crippen LogP contribution in [0.3, 0.4) is 0 Å². The fourth-order valence-electron chi connectivity index (χ4n) is 2.11. The number of carbonyl (C=O) groups excluding carboxylic acids is 1. The lowest BCUT2D eigenvalue weighted by atomic mass is 10.1. The number of amides is 1. The highest BCUT2D eigenvalue weighted by atomic mass is 35.5. The van der Waals surface area contributed by atoms with Gasteiger partial charge in [-0.2, -0.15) is 0 Å². The fourth-order valence-corrected chi connectivity index (χ4v) is 2.11. The highest BCUT2D eigenvalue weighted by Crippen LogP contribution is 2.29. The summed E-state index contributed by atoms with van der Waals surface area (Å²) in [6, 6.07) is 5.31. The van der Waals surface area contributed by atoms with Crippen LogP contribution in [-0.4, -0.2) is 39.3 Å². The molecule has 106 valence electrons. The van der Waals surface area contributed by atoms with Gasteiger partial charge in [-0.3, -0.25) is 4.79 Å². The molecule has 1 heterocycles. The second-order valence-corrected chi connectivity index (χ2v) is 4.57. The van der Waals surface area contributed by atoms with Gasteiger partial charge in [-0.15, -0.1) is 12.4 Å². The van der Waals surface area contributed by atoms with E-state index in [9.17, 15) is 4.79 Å². The molecular formula is C13H20ClN3O2. The maximum atomic E-state index is 11.8. The molecule has 0 bridgehead atoms. The minimum Gasteiger partial charge on any atom is -0.383 e. The van der Waals surface area contributed by atoms with Gasteiger partial charge in [-0.25, -0.2) is 0 Å². The van der Waals surface area contributed by atoms with Gasteiger partial charge < -0.3 is 20.7 Å². The number of rotatable bonds is 4. The van der Waals surface area contributed by atoms with Gasteiger partial charge in [0, 0.05) is 32.1 Å². The molecule has 0 saturated carbocycles. The fraction of sp³-hybridized carbons (Fsp3) is 0.462. The van der Waals surface area contributed by atoms with E-state index in [0.29, 0.717) is 0 Å². The van der Waals surface area contributed by atoms with Crippen molar-refractivity contribution in [3.8, 4) is 0 Å². The summed E-state index contributed by atoms with van der Waals surface area (Å²) in [7, 11) is 3.57. The normalized spacial score (nSPS) is 14.6. The highest BCUT2D eigenvalue weighted by Gasteiger charge is 2.17. The predicted octanol–water partition coefficient (Wildman–Crippen LogP) is 1.01. The smallest absolute Gasteiger partial charge is 0.243 e. The lowest BCUT2D eigenvalue weighted by Gasteiger charge is -2.15. The quantitative estimate of drug-likeness (QED) is 0.866. The molecule has 5 nitrogen and oxygen atoms in total. The third-order valence-electron chi connectivity index (χ3n) is 3.16. The van der Waals surface area contributed by atoms with Crippen molar-refractivity contribution < 1.29 is 9.53 Å². The van der Waals surface area contributed by atoms with Crippen LogP contribution in [0.1, 0.15) is 5.56 Å². The zero-order valence-corrected chi connectivity index (χ0v) is 12.0. The summed E-state index contributed by atoms with van der Waals surface area (Å²) < 4.78 is 4.86. The second kappa shape index (κ2) is 6.75. The number of carbonyl (C=O) groups is 1. The summed E-state index contributed by atoms with van der Waals surface area (Å²) in [5.74, 6) is -0.225. The average molecular weight is 286 g/mol. The number of nitrogens with one attached hydrogen (secondary N) is 1. The number of benzene rings is 1. The molecule has 6 heteroatoms. The van der Waals surface area contributed by atoms with E-state index in [1.54, 1.807) is 0 Å². The molecule has 1 aromatic carbocycles. The van der Waals surface area contributed by atoms with Crippen molar-refractivity contribution in [2.24, 2.45) is 5.73 Å². The molecule has 19 heavy (non-hydrogen) atoms. The Morgan fingerprint density at radius 1 is 1.58 bits per heavy atom. The van der Waals surface area contributed by atoms with Crippen LogP contribution in [0.15, 0.2) is 18.2 Å². The third-order valence-corrected chi connectivity index (χ3v) is 3.16. The molecule has 1 atom stereocenters. The van der Waals surface area contributed by atoms with E-state index in [1.165, 1.54) is 18.4 Å². The van der Waals surface area contributed by atoms with Crippen LogP contribution in [-0.2, 0) is 16.0 Å². The predicted molar refractivity (Wildman–Crippen MR) is 79.1 cm³/mol. The highest BCUT2D eigenvalue weighted by molar-refractivity contribution is 5.95. The first-order valence-corrected chi connectivity index (χ1v) is 6.01. The zero-order valence-electron chi connectivity index (χ0n) is 11.2. The Hall–Kier alpha value is -1.30. The van der Waals surface area contributed by atoms with Gasteiger partial charge >= 0.3 is 0 Å². The van der Waals surface area contributed by atoms with Gasteiger partial charge in [0.05, 0.1) is 6.61 Å². The Morgan fingerprint density at radius 2 is 2.32 bits per heavy atom. The van der Waals surface area contributed by atoms with Crippen LogP contribution in [0.5, 0.6) is 0 Å². The van der Waals surface area contributed by atoms with Crippen LogP contribution in [0.2, 0.25) is 0 Å². The zero-order chi connectivity index (χ0) is 13.1. The number of nitrogens with two attached hydrogens (primary N) is 1. The van der Waals surface area contributed by atoms with Crippen molar-refractivity contribution in [2.45, 2.75) is 12.5 Å². The maximum absolute atomic E-state index is 11.8. The topological polar surface area (TPSA) is 67.6 Å². The van der Waals surface area contributed by atoms with Crippen molar-refractivity contribution in [1.82, 2.24) is 0 Å². The molecule has 0 saturated heterocycles. The van der Waals surface area contributed by atoms with Gasteiger partial charge in [0.1, 0.15) is 6.04 Å². The number of ether oxygens (including phenoxy) is 1. The molecule has 0 spiro atoms. The summed E-state index contributed by atoms with van der Waals surface area (Å²) in [6.45, 7) is 1.24. The van der Waals surface area contributed by atoms with Crippen LogP contribution in [0, 0.1) is 0 Å². The molecule has 3 N–H and O–H groups in total. The number of methoxy groups -OCH3 is 1. The summed E-state index contributed by atoms with van der Waals surface area (Å²) in [4.78, 5) is 13.9. The average Bonchev–Trinajstić information content (AvgIpc) is 2.71. The first-order chi connectivity index (χ1) is 8.61. The van der Waals surface area contributed by atoms with E-state index in [0.717, 1.165) is 18.7 Å². The molecule has 1 aliphatic heterocycles. The summed E-state index contributed by atoms with van der Waals surface area (Å²) >= 11 is 0. The van der Waals surface area contributed by atoms with Crippen LogP contribution >= 0.6 is 12.4 Å². The molecule has 0 fully saturated rings.